The van der Waals surface area contributed by atoms with E-state index >= 15 is 0 Å². The van der Waals surface area contributed by atoms with Crippen LogP contribution in [0.25, 0.3) is 0 Å². The van der Waals surface area contributed by atoms with Gasteiger partial charge in [-0.15, -0.1) is 0 Å². The van der Waals surface area contributed by atoms with Crippen molar-refractivity contribution >= 4 is 21.8 Å². The quantitative estimate of drug-likeness (QED) is 0.736. The van der Waals surface area contributed by atoms with Crippen molar-refractivity contribution in [1.29, 1.82) is 0 Å². The molecule has 0 aliphatic carbocycles. The third kappa shape index (κ3) is 3.14. The lowest BCUT2D eigenvalue weighted by Gasteiger charge is -2.20. The number of amides is 1. The van der Waals surface area contributed by atoms with Gasteiger partial charge in [-0.3, -0.25) is 4.79 Å². The van der Waals surface area contributed by atoms with Gasteiger partial charge in [-0.25, -0.2) is 0 Å². The summed E-state index contributed by atoms with van der Waals surface area (Å²) in [5, 5.41) is 15.7. The molecule has 0 aromatic heterocycles. The van der Waals surface area contributed by atoms with Crippen LogP contribution in [0, 0.1) is 5.92 Å². The average Bonchev–Trinajstić information content (AvgIpc) is 2.90. The molecule has 2 aliphatic rings. The maximum Gasteiger partial charge on any atom is 0.251 e. The highest BCUT2D eigenvalue weighted by Crippen LogP contribution is 2.38. The number of carbonyl (C=O) groups excluding carboxylic acids is 1. The minimum atomic E-state index is -0.405. The third-order valence-corrected chi connectivity index (χ3v) is 4.28. The number of carbonyl (C=O) groups is 1. The predicted molar refractivity (Wildman–Crippen MR) is 79.8 cm³/mol. The minimum Gasteiger partial charge on any atom is -0.486 e. The number of aliphatic hydroxyl groups excluding tert-OH is 1. The highest BCUT2D eigenvalue weighted by molar-refractivity contribution is 9.10. The van der Waals surface area contributed by atoms with Crippen LogP contribution < -0.4 is 20.1 Å². The number of fused-ring (bicyclic) bond motifs is 1. The Morgan fingerprint density at radius 2 is 2.19 bits per heavy atom. The predicted octanol–water partition coefficient (Wildman–Crippen LogP) is 0.530. The Morgan fingerprint density at radius 1 is 1.38 bits per heavy atom. The molecule has 1 aromatic rings. The van der Waals surface area contributed by atoms with Gasteiger partial charge in [0, 0.05) is 31.1 Å². The molecule has 1 amide bonds. The second kappa shape index (κ2) is 6.21. The molecule has 1 aromatic carbocycles. The van der Waals surface area contributed by atoms with Crippen molar-refractivity contribution in [3.63, 3.8) is 0 Å². The van der Waals surface area contributed by atoms with Gasteiger partial charge < -0.3 is 25.2 Å². The van der Waals surface area contributed by atoms with Gasteiger partial charge in [-0.2, -0.15) is 0 Å². The maximum absolute atomic E-state index is 12.2. The summed E-state index contributed by atoms with van der Waals surface area (Å²) in [6.45, 7) is 2.72. The molecule has 2 aliphatic heterocycles. The normalized spacial score (nSPS) is 23.9. The van der Waals surface area contributed by atoms with Crippen LogP contribution in [0.4, 0.5) is 0 Å². The van der Waals surface area contributed by atoms with E-state index in [1.54, 1.807) is 12.1 Å². The zero-order chi connectivity index (χ0) is 14.8. The van der Waals surface area contributed by atoms with E-state index in [1.165, 1.54) is 0 Å². The maximum atomic E-state index is 12.2. The first-order valence-corrected chi connectivity index (χ1v) is 7.70. The van der Waals surface area contributed by atoms with Gasteiger partial charge in [0.05, 0.1) is 10.6 Å². The lowest BCUT2D eigenvalue weighted by atomic mass is 10.1. The molecular weight excluding hydrogens is 340 g/mol. The van der Waals surface area contributed by atoms with Crippen molar-refractivity contribution in [3.05, 3.63) is 22.2 Å². The molecule has 3 N–H and O–H groups in total. The summed E-state index contributed by atoms with van der Waals surface area (Å²) in [6, 6.07) is 3.39. The SMILES string of the molecule is O=C(NCC1CNCC1O)c1cc(Br)c2c(c1)OCCO2. The lowest BCUT2D eigenvalue weighted by molar-refractivity contribution is 0.0925. The summed E-state index contributed by atoms with van der Waals surface area (Å²) in [5.74, 6) is 1.07. The molecular formula is C14H17BrN2O4. The van der Waals surface area contributed by atoms with E-state index in [9.17, 15) is 9.90 Å². The van der Waals surface area contributed by atoms with E-state index in [0.29, 0.717) is 54.4 Å². The van der Waals surface area contributed by atoms with Crippen LogP contribution in [0.15, 0.2) is 16.6 Å². The van der Waals surface area contributed by atoms with E-state index < -0.39 is 6.10 Å². The van der Waals surface area contributed by atoms with Gasteiger partial charge in [0.15, 0.2) is 11.5 Å². The van der Waals surface area contributed by atoms with Crippen molar-refractivity contribution in [2.24, 2.45) is 5.92 Å². The van der Waals surface area contributed by atoms with Gasteiger partial charge in [-0.1, -0.05) is 0 Å². The minimum absolute atomic E-state index is 0.0506. The van der Waals surface area contributed by atoms with Crippen LogP contribution in [-0.2, 0) is 0 Å². The van der Waals surface area contributed by atoms with Crippen LogP contribution in [0.5, 0.6) is 11.5 Å². The number of β-amino-alcohol motifs (C(OH)–C–C–N with tert-alkyl or cyclic N) is 1. The van der Waals surface area contributed by atoms with Crippen molar-refractivity contribution < 1.29 is 19.4 Å². The highest BCUT2D eigenvalue weighted by Gasteiger charge is 2.25. The van der Waals surface area contributed by atoms with E-state index in [4.69, 9.17) is 9.47 Å². The molecule has 3 rings (SSSR count). The molecule has 2 unspecified atom stereocenters. The molecule has 0 radical (unpaired) electrons. The number of halogens is 1. The Balaban J connectivity index is 1.68. The number of aliphatic hydroxyl groups is 1. The zero-order valence-corrected chi connectivity index (χ0v) is 13.0. The first-order valence-electron chi connectivity index (χ1n) is 6.91. The summed E-state index contributed by atoms with van der Waals surface area (Å²) in [7, 11) is 0. The van der Waals surface area contributed by atoms with Crippen LogP contribution in [0.2, 0.25) is 0 Å². The van der Waals surface area contributed by atoms with Crippen molar-refractivity contribution in [1.82, 2.24) is 10.6 Å². The van der Waals surface area contributed by atoms with Gasteiger partial charge in [0.25, 0.3) is 5.91 Å². The molecule has 1 saturated heterocycles. The van der Waals surface area contributed by atoms with E-state index in [-0.39, 0.29) is 11.8 Å². The number of nitrogens with one attached hydrogen (secondary N) is 2. The molecule has 1 fully saturated rings. The molecule has 21 heavy (non-hydrogen) atoms. The Labute approximate surface area is 130 Å². The fraction of sp³-hybridized carbons (Fsp3) is 0.500. The van der Waals surface area contributed by atoms with Crippen LogP contribution in [0.1, 0.15) is 10.4 Å². The molecule has 2 heterocycles. The van der Waals surface area contributed by atoms with E-state index in [2.05, 4.69) is 26.6 Å². The fourth-order valence-electron chi connectivity index (χ4n) is 2.50. The number of benzene rings is 1. The lowest BCUT2D eigenvalue weighted by Crippen LogP contribution is -2.34. The average molecular weight is 357 g/mol. The van der Waals surface area contributed by atoms with Gasteiger partial charge in [0.1, 0.15) is 13.2 Å². The van der Waals surface area contributed by atoms with Gasteiger partial charge in [0.2, 0.25) is 0 Å². The zero-order valence-electron chi connectivity index (χ0n) is 11.4. The number of ether oxygens (including phenoxy) is 2. The Kier molecular flexibility index (Phi) is 4.32. The van der Waals surface area contributed by atoms with Crippen molar-refractivity contribution in [3.8, 4) is 11.5 Å². The van der Waals surface area contributed by atoms with Gasteiger partial charge >= 0.3 is 0 Å². The summed E-state index contributed by atoms with van der Waals surface area (Å²) < 4.78 is 11.7. The van der Waals surface area contributed by atoms with Crippen molar-refractivity contribution in [2.75, 3.05) is 32.8 Å². The van der Waals surface area contributed by atoms with Crippen LogP contribution in [0.3, 0.4) is 0 Å². The largest absolute Gasteiger partial charge is 0.486 e. The fourth-order valence-corrected chi connectivity index (χ4v) is 3.05. The van der Waals surface area contributed by atoms with Crippen molar-refractivity contribution in [2.45, 2.75) is 6.10 Å². The first kappa shape index (κ1) is 14.6. The smallest absolute Gasteiger partial charge is 0.251 e. The van der Waals surface area contributed by atoms with Gasteiger partial charge in [-0.05, 0) is 28.1 Å². The third-order valence-electron chi connectivity index (χ3n) is 3.69. The molecule has 7 heteroatoms. The van der Waals surface area contributed by atoms with Crippen LogP contribution in [-0.4, -0.2) is 50.0 Å². The standard InChI is InChI=1S/C14H17BrN2O4/c15-10-3-8(4-12-13(10)21-2-1-20-12)14(19)17-6-9-5-16-7-11(9)18/h3-4,9,11,16,18H,1-2,5-7H2,(H,17,19). The Bertz CT molecular complexity index is 552. The second-order valence-corrected chi connectivity index (χ2v) is 6.03. The molecule has 0 bridgehead atoms. The van der Waals surface area contributed by atoms with E-state index in [1.807, 2.05) is 0 Å². The molecule has 114 valence electrons. The summed E-state index contributed by atoms with van der Waals surface area (Å²) in [6.07, 6.45) is -0.405. The number of hydrogen-bond acceptors (Lipinski definition) is 5. The Hall–Kier alpha value is -1.31. The number of rotatable bonds is 3. The molecule has 2 atom stereocenters. The Morgan fingerprint density at radius 3 is 2.95 bits per heavy atom. The van der Waals surface area contributed by atoms with E-state index in [0.717, 1.165) is 0 Å². The molecule has 6 nitrogen and oxygen atoms in total. The van der Waals surface area contributed by atoms with Crippen LogP contribution >= 0.6 is 15.9 Å². The second-order valence-electron chi connectivity index (χ2n) is 5.18. The first-order chi connectivity index (χ1) is 10.1. The summed E-state index contributed by atoms with van der Waals surface area (Å²) in [4.78, 5) is 12.2. The summed E-state index contributed by atoms with van der Waals surface area (Å²) in [5.41, 5.74) is 0.506. The summed E-state index contributed by atoms with van der Waals surface area (Å²) >= 11 is 3.39. The number of hydrogen-bond donors (Lipinski definition) is 3. The molecule has 0 spiro atoms. The monoisotopic (exact) mass is 356 g/mol. The molecule has 0 saturated carbocycles. The topological polar surface area (TPSA) is 79.8 Å². The highest BCUT2D eigenvalue weighted by atomic mass is 79.9.